The van der Waals surface area contributed by atoms with E-state index in [9.17, 15) is 16.8 Å². The minimum Gasteiger partial charge on any atom is -0.286 e. The highest BCUT2D eigenvalue weighted by atomic mass is 32.2. The minimum absolute atomic E-state index is 0.228. The maximum atomic E-state index is 12.2. The Labute approximate surface area is 154 Å². The topological polar surface area (TPSA) is 104 Å². The summed E-state index contributed by atoms with van der Waals surface area (Å²) in [5.41, 5.74) is 0.948. The van der Waals surface area contributed by atoms with E-state index in [1.54, 1.807) is 18.2 Å². The summed E-state index contributed by atoms with van der Waals surface area (Å²) in [4.78, 5) is 5.39. The van der Waals surface area contributed by atoms with Gasteiger partial charge >= 0.3 is 0 Å². The maximum absolute atomic E-state index is 12.2. The molecule has 0 heterocycles. The van der Waals surface area contributed by atoms with E-state index in [-0.39, 0.29) is 10.6 Å². The lowest BCUT2D eigenvalue weighted by atomic mass is 10.2. The second-order valence-electron chi connectivity index (χ2n) is 5.71. The van der Waals surface area contributed by atoms with Crippen LogP contribution in [0.2, 0.25) is 0 Å². The van der Waals surface area contributed by atoms with Crippen molar-refractivity contribution in [3.8, 4) is 0 Å². The lowest BCUT2D eigenvalue weighted by Gasteiger charge is -2.13. The predicted molar refractivity (Wildman–Crippen MR) is 102 cm³/mol. The molecule has 0 aliphatic heterocycles. The van der Waals surface area contributed by atoms with E-state index >= 15 is 0 Å². The molecule has 10 heteroatoms. The van der Waals surface area contributed by atoms with E-state index < -0.39 is 20.1 Å². The average molecular weight is 409 g/mol. The van der Waals surface area contributed by atoms with E-state index in [2.05, 4.69) is 4.99 Å². The SMILES string of the molecule is C/C(=N\CCCCS(=O)(=O)O)Sc1cc(S(=O)(=O)N(C)C)ccc1C. The fourth-order valence-electron chi connectivity index (χ4n) is 1.89. The zero-order valence-electron chi connectivity index (χ0n) is 14.8. The molecule has 0 bridgehead atoms. The van der Waals surface area contributed by atoms with Crippen LogP contribution in [-0.4, -0.2) is 57.1 Å². The monoisotopic (exact) mass is 408 g/mol. The van der Waals surface area contributed by atoms with Crippen LogP contribution >= 0.6 is 11.8 Å². The van der Waals surface area contributed by atoms with Gasteiger partial charge in [0, 0.05) is 25.5 Å². The number of aliphatic imine (C=N–C) groups is 1. The minimum atomic E-state index is -3.92. The quantitative estimate of drug-likeness (QED) is 0.233. The Morgan fingerprint density at radius 3 is 2.40 bits per heavy atom. The lowest BCUT2D eigenvalue weighted by Crippen LogP contribution is -2.22. The summed E-state index contributed by atoms with van der Waals surface area (Å²) in [6.45, 7) is 4.16. The highest BCUT2D eigenvalue weighted by Gasteiger charge is 2.18. The van der Waals surface area contributed by atoms with E-state index in [1.807, 2.05) is 13.8 Å². The van der Waals surface area contributed by atoms with E-state index in [1.165, 1.54) is 30.2 Å². The number of sulfonamides is 1. The molecule has 0 spiro atoms. The third-order valence-electron chi connectivity index (χ3n) is 3.34. The van der Waals surface area contributed by atoms with Crippen LogP contribution in [0.4, 0.5) is 0 Å². The van der Waals surface area contributed by atoms with Crippen molar-refractivity contribution in [2.75, 3.05) is 26.4 Å². The summed E-state index contributed by atoms with van der Waals surface area (Å²) in [6.07, 6.45) is 0.890. The predicted octanol–water partition coefficient (Wildman–Crippen LogP) is 2.42. The summed E-state index contributed by atoms with van der Waals surface area (Å²) in [7, 11) is -4.44. The van der Waals surface area contributed by atoms with Gasteiger partial charge in [-0.05, 0) is 44.4 Å². The van der Waals surface area contributed by atoms with Crippen LogP contribution < -0.4 is 0 Å². The first-order valence-electron chi connectivity index (χ1n) is 7.61. The molecule has 0 aliphatic carbocycles. The van der Waals surface area contributed by atoms with Gasteiger partial charge in [0.05, 0.1) is 15.7 Å². The third-order valence-corrected chi connectivity index (χ3v) is 7.04. The Balaban J connectivity index is 2.77. The number of hydrogen-bond donors (Lipinski definition) is 1. The van der Waals surface area contributed by atoms with Gasteiger partial charge in [-0.2, -0.15) is 8.42 Å². The fraction of sp³-hybridized carbons (Fsp3) is 0.533. The Morgan fingerprint density at radius 2 is 1.84 bits per heavy atom. The normalized spacial score (nSPS) is 13.4. The van der Waals surface area contributed by atoms with Crippen molar-refractivity contribution in [2.24, 2.45) is 4.99 Å². The number of unbranched alkanes of at least 4 members (excludes halogenated alkanes) is 1. The van der Waals surface area contributed by atoms with Crippen LogP contribution in [-0.2, 0) is 20.1 Å². The van der Waals surface area contributed by atoms with Gasteiger partial charge in [0.25, 0.3) is 10.1 Å². The molecule has 25 heavy (non-hydrogen) atoms. The van der Waals surface area contributed by atoms with Crippen molar-refractivity contribution in [1.82, 2.24) is 4.31 Å². The van der Waals surface area contributed by atoms with Crippen molar-refractivity contribution in [2.45, 2.75) is 36.5 Å². The van der Waals surface area contributed by atoms with Gasteiger partial charge in [0.2, 0.25) is 10.0 Å². The van der Waals surface area contributed by atoms with Gasteiger partial charge in [-0.15, -0.1) is 0 Å². The van der Waals surface area contributed by atoms with Crippen molar-refractivity contribution in [1.29, 1.82) is 0 Å². The van der Waals surface area contributed by atoms with Gasteiger partial charge in [-0.25, -0.2) is 12.7 Å². The summed E-state index contributed by atoms with van der Waals surface area (Å²) < 4.78 is 55.5. The molecule has 0 aromatic heterocycles. The first-order chi connectivity index (χ1) is 11.4. The molecular formula is C15H24N2O5S3. The number of aryl methyl sites for hydroxylation is 1. The maximum Gasteiger partial charge on any atom is 0.264 e. The zero-order chi connectivity index (χ0) is 19.3. The fourth-order valence-corrected chi connectivity index (χ4v) is 4.35. The smallest absolute Gasteiger partial charge is 0.264 e. The molecule has 0 fully saturated rings. The molecule has 0 saturated carbocycles. The van der Waals surface area contributed by atoms with Crippen molar-refractivity contribution < 1.29 is 21.4 Å². The van der Waals surface area contributed by atoms with Gasteiger partial charge in [-0.3, -0.25) is 9.55 Å². The van der Waals surface area contributed by atoms with Crippen molar-refractivity contribution in [3.05, 3.63) is 23.8 Å². The Morgan fingerprint density at radius 1 is 1.20 bits per heavy atom. The van der Waals surface area contributed by atoms with E-state index in [0.29, 0.717) is 19.4 Å². The number of benzene rings is 1. The molecular weight excluding hydrogens is 384 g/mol. The van der Waals surface area contributed by atoms with Crippen LogP contribution in [0.1, 0.15) is 25.3 Å². The molecule has 0 amide bonds. The summed E-state index contributed by atoms with van der Waals surface area (Å²) in [5, 5.41) is 0.759. The van der Waals surface area contributed by atoms with Gasteiger partial charge < -0.3 is 0 Å². The van der Waals surface area contributed by atoms with Crippen molar-refractivity contribution in [3.63, 3.8) is 0 Å². The van der Waals surface area contributed by atoms with Crippen molar-refractivity contribution >= 4 is 36.9 Å². The van der Waals surface area contributed by atoms with Crippen LogP contribution in [0.25, 0.3) is 0 Å². The number of rotatable bonds is 8. The standard InChI is InChI=1S/C15H24N2O5S3/c1-12-7-8-14(25(21,22)17(3)4)11-15(12)23-13(2)16-9-5-6-10-24(18,19)20/h7-8,11H,5-6,9-10H2,1-4H3,(H,18,19,20)/b16-13+. The molecule has 0 saturated heterocycles. The molecule has 1 rings (SSSR count). The first kappa shape index (κ1) is 22.1. The molecule has 1 N–H and O–H groups in total. The largest absolute Gasteiger partial charge is 0.286 e. The van der Waals surface area contributed by atoms with Crippen LogP contribution in [0.3, 0.4) is 0 Å². The molecule has 0 unspecified atom stereocenters. The molecule has 1 aromatic carbocycles. The van der Waals surface area contributed by atoms with E-state index in [0.717, 1.165) is 15.5 Å². The zero-order valence-corrected chi connectivity index (χ0v) is 17.2. The Kier molecular flexibility index (Phi) is 8.07. The van der Waals surface area contributed by atoms with Crippen LogP contribution in [0.15, 0.2) is 33.0 Å². The molecule has 7 nitrogen and oxygen atoms in total. The third kappa shape index (κ3) is 7.45. The Bertz CT molecular complexity index is 831. The van der Waals surface area contributed by atoms with Gasteiger partial charge in [0.15, 0.2) is 0 Å². The van der Waals surface area contributed by atoms with Crippen LogP contribution in [0.5, 0.6) is 0 Å². The number of thioether (sulfide) groups is 1. The molecule has 142 valence electrons. The summed E-state index contributed by atoms with van der Waals surface area (Å²) >= 11 is 1.38. The first-order valence-corrected chi connectivity index (χ1v) is 11.5. The number of hydrogen-bond acceptors (Lipinski definition) is 6. The highest BCUT2D eigenvalue weighted by Crippen LogP contribution is 2.27. The number of nitrogens with zero attached hydrogens (tertiary/aromatic N) is 2. The summed E-state index contributed by atoms with van der Waals surface area (Å²) in [5.74, 6) is -0.266. The lowest BCUT2D eigenvalue weighted by molar-refractivity contribution is 0.480. The molecule has 0 aliphatic rings. The molecule has 0 radical (unpaired) electrons. The van der Waals surface area contributed by atoms with E-state index in [4.69, 9.17) is 4.55 Å². The molecule has 1 aromatic rings. The Hall–Kier alpha value is -0.940. The average Bonchev–Trinajstić information content (AvgIpc) is 2.47. The highest BCUT2D eigenvalue weighted by molar-refractivity contribution is 8.14. The van der Waals surface area contributed by atoms with Gasteiger partial charge in [-0.1, -0.05) is 17.8 Å². The van der Waals surface area contributed by atoms with Crippen LogP contribution in [0, 0.1) is 6.92 Å². The summed E-state index contributed by atoms with van der Waals surface area (Å²) in [6, 6.07) is 4.97. The van der Waals surface area contributed by atoms with Gasteiger partial charge in [0.1, 0.15) is 0 Å². The molecule has 0 atom stereocenters. The second-order valence-corrected chi connectivity index (χ2v) is 10.7. The second kappa shape index (κ2) is 9.13.